The minimum Gasteiger partial charge on any atom is -0.490 e. The van der Waals surface area contributed by atoms with Gasteiger partial charge in [0.15, 0.2) is 11.5 Å². The van der Waals surface area contributed by atoms with Crippen molar-refractivity contribution in [3.8, 4) is 11.5 Å². The van der Waals surface area contributed by atoms with Crippen LogP contribution in [0.4, 0.5) is 4.39 Å². The minimum atomic E-state index is -3.67. The lowest BCUT2D eigenvalue weighted by molar-refractivity contribution is -0.122. The van der Waals surface area contributed by atoms with Crippen molar-refractivity contribution < 1.29 is 27.1 Å². The molecule has 0 radical (unpaired) electrons. The Hall–Kier alpha value is -2.69. The number of nitrogens with zero attached hydrogens (tertiary/aromatic N) is 2. The Bertz CT molecular complexity index is 1090. The largest absolute Gasteiger partial charge is 0.490 e. The molecule has 1 fully saturated rings. The van der Waals surface area contributed by atoms with Crippen LogP contribution in [-0.2, 0) is 21.2 Å². The van der Waals surface area contributed by atoms with Gasteiger partial charge in [-0.3, -0.25) is 9.69 Å². The van der Waals surface area contributed by atoms with Crippen molar-refractivity contribution in [3.63, 3.8) is 0 Å². The fourth-order valence-corrected chi connectivity index (χ4v) is 5.32. The van der Waals surface area contributed by atoms with Crippen LogP contribution >= 0.6 is 0 Å². The molecule has 10 heteroatoms. The lowest BCUT2D eigenvalue weighted by atomic mass is 10.1. The molecule has 2 aliphatic heterocycles. The monoisotopic (exact) mass is 477 g/mol. The van der Waals surface area contributed by atoms with Gasteiger partial charge in [-0.2, -0.15) is 4.31 Å². The Morgan fingerprint density at radius 2 is 1.73 bits per heavy atom. The predicted molar refractivity (Wildman–Crippen MR) is 120 cm³/mol. The van der Waals surface area contributed by atoms with E-state index in [1.165, 1.54) is 22.5 Å². The minimum absolute atomic E-state index is 0.162. The van der Waals surface area contributed by atoms with Crippen LogP contribution in [-0.4, -0.2) is 76.0 Å². The van der Waals surface area contributed by atoms with Gasteiger partial charge in [-0.05, 0) is 30.2 Å². The first-order valence-electron chi connectivity index (χ1n) is 11.1. The molecular weight excluding hydrogens is 449 g/mol. The summed E-state index contributed by atoms with van der Waals surface area (Å²) in [6, 6.07) is 11.2. The molecule has 0 spiro atoms. The summed E-state index contributed by atoms with van der Waals surface area (Å²) in [5.41, 5.74) is 0.561. The second-order valence-electron chi connectivity index (χ2n) is 8.03. The van der Waals surface area contributed by atoms with Gasteiger partial charge in [0.05, 0.1) is 24.7 Å². The first-order chi connectivity index (χ1) is 15.9. The molecule has 33 heavy (non-hydrogen) atoms. The molecule has 2 aromatic carbocycles. The van der Waals surface area contributed by atoms with E-state index < -0.39 is 10.0 Å². The molecule has 1 N–H and O–H groups in total. The van der Waals surface area contributed by atoms with Gasteiger partial charge in [0.1, 0.15) is 5.82 Å². The van der Waals surface area contributed by atoms with Crippen LogP contribution in [0, 0.1) is 5.82 Å². The molecule has 0 unspecified atom stereocenters. The number of piperazine rings is 1. The zero-order chi connectivity index (χ0) is 23.3. The number of nitrogens with one attached hydrogen (secondary N) is 1. The second kappa shape index (κ2) is 10.5. The fraction of sp³-hybridized carbons (Fsp3) is 0.435. The van der Waals surface area contributed by atoms with Gasteiger partial charge in [-0.25, -0.2) is 12.8 Å². The van der Waals surface area contributed by atoms with Crippen molar-refractivity contribution in [2.75, 3.05) is 52.5 Å². The average Bonchev–Trinajstić information content (AvgIpc) is 3.06. The Kier molecular flexibility index (Phi) is 7.46. The molecule has 2 heterocycles. The maximum absolute atomic E-state index is 13.7. The van der Waals surface area contributed by atoms with Crippen molar-refractivity contribution >= 4 is 15.9 Å². The molecule has 4 rings (SSSR count). The standard InChI is InChI=1S/C23H28FN3O5S/c24-20-5-2-1-4-18(20)8-9-25-23(28)17-26-10-12-27(13-11-26)33(29,30)19-6-7-21-22(16-19)32-15-3-14-31-21/h1-2,4-7,16H,3,8-15,17H2,(H,25,28). The Labute approximate surface area is 193 Å². The molecule has 178 valence electrons. The van der Waals surface area contributed by atoms with E-state index in [1.54, 1.807) is 24.3 Å². The summed E-state index contributed by atoms with van der Waals surface area (Å²) < 4.78 is 52.5. The molecule has 0 aliphatic carbocycles. The number of hydrogen-bond donors (Lipinski definition) is 1. The summed E-state index contributed by atoms with van der Waals surface area (Å²) in [4.78, 5) is 14.3. The quantitative estimate of drug-likeness (QED) is 0.653. The highest BCUT2D eigenvalue weighted by Gasteiger charge is 2.30. The van der Waals surface area contributed by atoms with Gasteiger partial charge in [0, 0.05) is 45.2 Å². The molecule has 8 nitrogen and oxygen atoms in total. The molecule has 0 aromatic heterocycles. The average molecular weight is 478 g/mol. The summed E-state index contributed by atoms with van der Waals surface area (Å²) in [5, 5.41) is 2.80. The van der Waals surface area contributed by atoms with Gasteiger partial charge in [-0.1, -0.05) is 18.2 Å². The number of carbonyl (C=O) groups excluding carboxylic acids is 1. The second-order valence-corrected chi connectivity index (χ2v) is 9.97. The highest BCUT2D eigenvalue weighted by Crippen LogP contribution is 2.33. The van der Waals surface area contributed by atoms with Crippen LogP contribution < -0.4 is 14.8 Å². The number of hydrogen-bond acceptors (Lipinski definition) is 6. The Morgan fingerprint density at radius 1 is 1.00 bits per heavy atom. The van der Waals surface area contributed by atoms with Crippen molar-refractivity contribution in [1.82, 2.24) is 14.5 Å². The number of sulfonamides is 1. The summed E-state index contributed by atoms with van der Waals surface area (Å²) in [6.45, 7) is 3.02. The first kappa shape index (κ1) is 23.5. The van der Waals surface area contributed by atoms with Gasteiger partial charge in [0.25, 0.3) is 0 Å². The van der Waals surface area contributed by atoms with Crippen LogP contribution in [0.25, 0.3) is 0 Å². The highest BCUT2D eigenvalue weighted by atomic mass is 32.2. The number of amides is 1. The van der Waals surface area contributed by atoms with Gasteiger partial charge in [-0.15, -0.1) is 0 Å². The van der Waals surface area contributed by atoms with Gasteiger partial charge >= 0.3 is 0 Å². The molecular formula is C23H28FN3O5S. The molecule has 0 saturated carbocycles. The van der Waals surface area contributed by atoms with Crippen molar-refractivity contribution in [3.05, 3.63) is 53.8 Å². The SMILES string of the molecule is O=C(CN1CCN(S(=O)(=O)c2ccc3c(c2)OCCCO3)CC1)NCCc1ccccc1F. The smallest absolute Gasteiger partial charge is 0.243 e. The maximum atomic E-state index is 13.7. The third-order valence-electron chi connectivity index (χ3n) is 5.73. The summed E-state index contributed by atoms with van der Waals surface area (Å²) >= 11 is 0. The highest BCUT2D eigenvalue weighted by molar-refractivity contribution is 7.89. The Balaban J connectivity index is 1.26. The van der Waals surface area contributed by atoms with E-state index in [4.69, 9.17) is 9.47 Å². The third kappa shape index (κ3) is 5.82. The van der Waals surface area contributed by atoms with Gasteiger partial charge in [0.2, 0.25) is 15.9 Å². The fourth-order valence-electron chi connectivity index (χ4n) is 3.88. The van der Waals surface area contributed by atoms with E-state index in [0.717, 1.165) is 6.42 Å². The van der Waals surface area contributed by atoms with E-state index in [0.29, 0.717) is 69.4 Å². The normalized spacial score (nSPS) is 17.4. The predicted octanol–water partition coefficient (Wildman–Crippen LogP) is 1.65. The number of benzene rings is 2. The van der Waals surface area contributed by atoms with Crippen molar-refractivity contribution in [2.24, 2.45) is 0 Å². The molecule has 0 bridgehead atoms. The van der Waals surface area contributed by atoms with E-state index in [1.807, 2.05) is 4.90 Å². The zero-order valence-electron chi connectivity index (χ0n) is 18.3. The molecule has 2 aromatic rings. The van der Waals surface area contributed by atoms with Crippen LogP contribution in [0.15, 0.2) is 47.4 Å². The number of halogens is 1. The number of rotatable bonds is 7. The zero-order valence-corrected chi connectivity index (χ0v) is 19.2. The van der Waals surface area contributed by atoms with E-state index in [2.05, 4.69) is 5.32 Å². The lowest BCUT2D eigenvalue weighted by Crippen LogP contribution is -2.51. The number of fused-ring (bicyclic) bond motifs is 1. The lowest BCUT2D eigenvalue weighted by Gasteiger charge is -2.33. The van der Waals surface area contributed by atoms with Crippen molar-refractivity contribution in [1.29, 1.82) is 0 Å². The first-order valence-corrected chi connectivity index (χ1v) is 12.5. The summed E-state index contributed by atoms with van der Waals surface area (Å²) in [6.07, 6.45) is 1.16. The Morgan fingerprint density at radius 3 is 2.48 bits per heavy atom. The van der Waals surface area contributed by atoms with Crippen molar-refractivity contribution in [2.45, 2.75) is 17.7 Å². The van der Waals surface area contributed by atoms with Crippen LogP contribution in [0.3, 0.4) is 0 Å². The van der Waals surface area contributed by atoms with E-state index >= 15 is 0 Å². The van der Waals surface area contributed by atoms with E-state index in [9.17, 15) is 17.6 Å². The maximum Gasteiger partial charge on any atom is 0.243 e. The summed E-state index contributed by atoms with van der Waals surface area (Å²) in [5.74, 6) is 0.555. The molecule has 1 amide bonds. The van der Waals surface area contributed by atoms with Crippen LogP contribution in [0.1, 0.15) is 12.0 Å². The topological polar surface area (TPSA) is 88.2 Å². The van der Waals surface area contributed by atoms with Gasteiger partial charge < -0.3 is 14.8 Å². The number of ether oxygens (including phenoxy) is 2. The third-order valence-corrected chi connectivity index (χ3v) is 7.62. The van der Waals surface area contributed by atoms with Crippen LogP contribution in [0.2, 0.25) is 0 Å². The van der Waals surface area contributed by atoms with E-state index in [-0.39, 0.29) is 23.2 Å². The summed E-state index contributed by atoms with van der Waals surface area (Å²) in [7, 11) is -3.67. The molecule has 2 aliphatic rings. The number of carbonyl (C=O) groups is 1. The van der Waals surface area contributed by atoms with Crippen LogP contribution in [0.5, 0.6) is 11.5 Å². The molecule has 0 atom stereocenters. The molecule has 1 saturated heterocycles.